The smallest absolute Gasteiger partial charge is 0.329 e. The van der Waals surface area contributed by atoms with Gasteiger partial charge in [-0.3, -0.25) is 0 Å². The van der Waals surface area contributed by atoms with Crippen molar-refractivity contribution in [1.82, 2.24) is 0 Å². The average Bonchev–Trinajstić information content (AvgIpc) is 2.57. The van der Waals surface area contributed by atoms with Crippen LogP contribution in [0.15, 0.2) is 24.3 Å². The number of methoxy groups -OCH3 is 1. The third-order valence-electron chi connectivity index (χ3n) is 3.23. The maximum absolute atomic E-state index is 11.6. The lowest BCUT2D eigenvalue weighted by atomic mass is 10.00. The molecule has 0 amide bonds. The first-order chi connectivity index (χ1) is 8.11. The van der Waals surface area contributed by atoms with E-state index in [0.29, 0.717) is 0 Å². The van der Waals surface area contributed by atoms with Crippen LogP contribution in [0.5, 0.6) is 5.75 Å². The highest BCUT2D eigenvalue weighted by Gasteiger charge is 2.39. The predicted octanol–water partition coefficient (Wildman–Crippen LogP) is 2.06. The molecule has 0 radical (unpaired) electrons. The quantitative estimate of drug-likeness (QED) is 0.815. The molecule has 1 saturated heterocycles. The molecule has 3 atom stereocenters. The molecule has 0 saturated carbocycles. The molecule has 1 heterocycles. The number of ether oxygens (including phenoxy) is 2. The Morgan fingerprint density at radius 2 is 1.88 bits per heavy atom. The predicted molar refractivity (Wildman–Crippen MR) is 65.1 cm³/mol. The van der Waals surface area contributed by atoms with E-state index >= 15 is 0 Å². The minimum atomic E-state index is -0.265. The molecule has 0 unspecified atom stereocenters. The van der Waals surface area contributed by atoms with Crippen molar-refractivity contribution in [3.8, 4) is 5.75 Å². The van der Waals surface area contributed by atoms with E-state index in [1.54, 1.807) is 7.11 Å². The highest BCUT2D eigenvalue weighted by atomic mass is 16.6. The number of rotatable bonds is 3. The van der Waals surface area contributed by atoms with Crippen molar-refractivity contribution < 1.29 is 14.3 Å². The fraction of sp³-hybridized carbons (Fsp3) is 0.462. The summed E-state index contributed by atoms with van der Waals surface area (Å²) in [5.41, 5.74) is 0.897. The minimum Gasteiger partial charge on any atom is -0.497 e. The van der Waals surface area contributed by atoms with E-state index in [-0.39, 0.29) is 24.0 Å². The highest BCUT2D eigenvalue weighted by Crippen LogP contribution is 2.25. The molecule has 92 valence electrons. The summed E-state index contributed by atoms with van der Waals surface area (Å²) in [6.45, 7) is 3.93. The van der Waals surface area contributed by atoms with Crippen molar-refractivity contribution in [3.05, 3.63) is 24.3 Å². The van der Waals surface area contributed by atoms with Crippen LogP contribution in [0.1, 0.15) is 13.8 Å². The summed E-state index contributed by atoms with van der Waals surface area (Å²) in [6.07, 6.45) is -0.0294. The lowest BCUT2D eigenvalue weighted by molar-refractivity contribution is -0.141. The molecule has 1 aliphatic rings. The number of carbonyl (C=O) groups excluding carboxylic acids is 1. The molecule has 4 heteroatoms. The molecule has 0 bridgehead atoms. The van der Waals surface area contributed by atoms with E-state index in [1.165, 1.54) is 0 Å². The summed E-state index contributed by atoms with van der Waals surface area (Å²) < 4.78 is 10.3. The molecule has 0 spiro atoms. The molecule has 1 fully saturated rings. The van der Waals surface area contributed by atoms with Crippen LogP contribution in [0, 0.1) is 5.92 Å². The Bertz CT molecular complexity index is 402. The Labute approximate surface area is 101 Å². The Hall–Kier alpha value is -1.71. The van der Waals surface area contributed by atoms with Crippen LogP contribution in [0.2, 0.25) is 0 Å². The fourth-order valence-corrected chi connectivity index (χ4v) is 1.91. The summed E-state index contributed by atoms with van der Waals surface area (Å²) in [5.74, 6) is 0.788. The van der Waals surface area contributed by atoms with Crippen LogP contribution < -0.4 is 10.1 Å². The number of hydrogen-bond donors (Lipinski definition) is 1. The normalized spacial score (nSPS) is 27.7. The van der Waals surface area contributed by atoms with Crippen LogP contribution in [0.25, 0.3) is 0 Å². The minimum absolute atomic E-state index is 0.0294. The van der Waals surface area contributed by atoms with Gasteiger partial charge in [-0.1, -0.05) is 6.92 Å². The molecule has 1 aliphatic heterocycles. The largest absolute Gasteiger partial charge is 0.497 e. The summed E-state index contributed by atoms with van der Waals surface area (Å²) in [4.78, 5) is 11.6. The van der Waals surface area contributed by atoms with Crippen molar-refractivity contribution in [2.24, 2.45) is 5.92 Å². The number of benzene rings is 1. The second-order valence-corrected chi connectivity index (χ2v) is 4.35. The van der Waals surface area contributed by atoms with Gasteiger partial charge in [-0.15, -0.1) is 0 Å². The van der Waals surface area contributed by atoms with Crippen LogP contribution >= 0.6 is 0 Å². The Morgan fingerprint density at radius 1 is 1.24 bits per heavy atom. The zero-order chi connectivity index (χ0) is 12.4. The SMILES string of the molecule is COc1ccc(N[C@@H]2C(=O)O[C@H](C)[C@@H]2C)cc1. The van der Waals surface area contributed by atoms with Gasteiger partial charge in [-0.25, -0.2) is 4.79 Å². The molecule has 1 aromatic carbocycles. The van der Waals surface area contributed by atoms with Gasteiger partial charge in [-0.05, 0) is 31.2 Å². The molecule has 4 nitrogen and oxygen atoms in total. The third-order valence-corrected chi connectivity index (χ3v) is 3.23. The molecule has 1 N–H and O–H groups in total. The first-order valence-electron chi connectivity index (χ1n) is 5.73. The first-order valence-corrected chi connectivity index (χ1v) is 5.73. The fourth-order valence-electron chi connectivity index (χ4n) is 1.91. The van der Waals surface area contributed by atoms with Gasteiger partial charge in [0.15, 0.2) is 0 Å². The average molecular weight is 235 g/mol. The second-order valence-electron chi connectivity index (χ2n) is 4.35. The van der Waals surface area contributed by atoms with Gasteiger partial charge in [0.2, 0.25) is 0 Å². The van der Waals surface area contributed by atoms with Crippen molar-refractivity contribution in [2.45, 2.75) is 26.0 Å². The Morgan fingerprint density at radius 3 is 2.35 bits per heavy atom. The summed E-state index contributed by atoms with van der Waals surface area (Å²) in [5, 5.41) is 3.19. The van der Waals surface area contributed by atoms with Crippen LogP contribution in [0.3, 0.4) is 0 Å². The number of nitrogens with one attached hydrogen (secondary N) is 1. The van der Waals surface area contributed by atoms with Gasteiger partial charge in [-0.2, -0.15) is 0 Å². The highest BCUT2D eigenvalue weighted by molar-refractivity contribution is 5.82. The van der Waals surface area contributed by atoms with Crippen LogP contribution in [-0.4, -0.2) is 25.2 Å². The maximum atomic E-state index is 11.6. The van der Waals surface area contributed by atoms with Crippen molar-refractivity contribution in [2.75, 3.05) is 12.4 Å². The molecule has 2 rings (SSSR count). The lowest BCUT2D eigenvalue weighted by Gasteiger charge is -2.16. The number of cyclic esters (lactones) is 1. The van der Waals surface area contributed by atoms with Crippen molar-refractivity contribution >= 4 is 11.7 Å². The molecule has 0 aromatic heterocycles. The lowest BCUT2D eigenvalue weighted by Crippen LogP contribution is -2.30. The number of hydrogen-bond acceptors (Lipinski definition) is 4. The first kappa shape index (κ1) is 11.8. The molecular weight excluding hydrogens is 218 g/mol. The summed E-state index contributed by atoms with van der Waals surface area (Å²) in [6, 6.07) is 7.23. The van der Waals surface area contributed by atoms with Gasteiger partial charge in [0.25, 0.3) is 0 Å². The number of carbonyl (C=O) groups is 1. The third kappa shape index (κ3) is 2.35. The molecule has 0 aliphatic carbocycles. The standard InChI is InChI=1S/C13H17NO3/c1-8-9(2)17-13(15)12(8)14-10-4-6-11(16-3)7-5-10/h4-9,12,14H,1-3H3/t8-,9+,12-/m0/s1. The second kappa shape index (κ2) is 4.65. The van der Waals surface area contributed by atoms with E-state index in [0.717, 1.165) is 11.4 Å². The number of anilines is 1. The summed E-state index contributed by atoms with van der Waals surface area (Å²) in [7, 11) is 1.63. The topological polar surface area (TPSA) is 47.6 Å². The monoisotopic (exact) mass is 235 g/mol. The van der Waals surface area contributed by atoms with Crippen LogP contribution in [0.4, 0.5) is 5.69 Å². The zero-order valence-corrected chi connectivity index (χ0v) is 10.3. The molecular formula is C13H17NO3. The Balaban J connectivity index is 2.07. The van der Waals surface area contributed by atoms with Gasteiger partial charge >= 0.3 is 5.97 Å². The zero-order valence-electron chi connectivity index (χ0n) is 10.3. The van der Waals surface area contributed by atoms with E-state index in [9.17, 15) is 4.79 Å². The molecule has 1 aromatic rings. The van der Waals surface area contributed by atoms with E-state index in [4.69, 9.17) is 9.47 Å². The van der Waals surface area contributed by atoms with Gasteiger partial charge < -0.3 is 14.8 Å². The summed E-state index contributed by atoms with van der Waals surface area (Å²) >= 11 is 0. The maximum Gasteiger partial charge on any atom is 0.329 e. The van der Waals surface area contributed by atoms with Gasteiger partial charge in [0, 0.05) is 11.6 Å². The number of esters is 1. The van der Waals surface area contributed by atoms with Crippen molar-refractivity contribution in [1.29, 1.82) is 0 Å². The van der Waals surface area contributed by atoms with E-state index < -0.39 is 0 Å². The van der Waals surface area contributed by atoms with Gasteiger partial charge in [0.05, 0.1) is 7.11 Å². The van der Waals surface area contributed by atoms with E-state index in [2.05, 4.69) is 5.32 Å². The van der Waals surface area contributed by atoms with Crippen LogP contribution in [-0.2, 0) is 9.53 Å². The van der Waals surface area contributed by atoms with E-state index in [1.807, 2.05) is 38.1 Å². The van der Waals surface area contributed by atoms with Gasteiger partial charge in [0.1, 0.15) is 17.9 Å². The van der Waals surface area contributed by atoms with Crippen molar-refractivity contribution in [3.63, 3.8) is 0 Å². The molecule has 17 heavy (non-hydrogen) atoms. The Kier molecular flexibility index (Phi) is 3.22.